The third-order valence-electron chi connectivity index (χ3n) is 2.85. The number of carbonyl (C=O) groups excluding carboxylic acids is 1. The highest BCUT2D eigenvalue weighted by Crippen LogP contribution is 2.15. The van der Waals surface area contributed by atoms with Crippen LogP contribution in [0.4, 0.5) is 4.39 Å². The molecular formula is C11H11BFNO5. The van der Waals surface area contributed by atoms with Crippen molar-refractivity contribution in [3.63, 3.8) is 0 Å². The Balaban J connectivity index is 2.28. The number of fused-ring (bicyclic) bond motifs is 1. The summed E-state index contributed by atoms with van der Waals surface area (Å²) >= 11 is 0. The number of amides is 1. The lowest BCUT2D eigenvalue weighted by Crippen LogP contribution is -2.39. The zero-order chi connectivity index (χ0) is 14.2. The monoisotopic (exact) mass is 267 g/mol. The minimum atomic E-state index is -1.22. The lowest BCUT2D eigenvalue weighted by molar-refractivity contribution is -0.138. The number of carboxylic acid groups (broad SMARTS) is 1. The normalized spacial score (nSPS) is 15.0. The summed E-state index contributed by atoms with van der Waals surface area (Å²) in [6.45, 7) is 1.34. The number of rotatable bonds is 3. The number of hydrogen-bond acceptors (Lipinski definition) is 4. The number of hydrogen-bond donors (Lipinski definition) is 3. The first-order valence-electron chi connectivity index (χ1n) is 5.56. The quantitative estimate of drug-likeness (QED) is 0.626. The molecule has 0 saturated heterocycles. The molecule has 1 aromatic rings. The highest BCUT2D eigenvalue weighted by molar-refractivity contribution is 6.61. The molecule has 6 nitrogen and oxygen atoms in total. The molecule has 0 bridgehead atoms. The van der Waals surface area contributed by atoms with Crippen LogP contribution >= 0.6 is 0 Å². The van der Waals surface area contributed by atoms with Gasteiger partial charge >= 0.3 is 13.1 Å². The highest BCUT2D eigenvalue weighted by atomic mass is 19.1. The van der Waals surface area contributed by atoms with Gasteiger partial charge in [0.25, 0.3) is 5.91 Å². The van der Waals surface area contributed by atoms with E-state index in [1.165, 1.54) is 13.0 Å². The van der Waals surface area contributed by atoms with Gasteiger partial charge in [0.2, 0.25) is 0 Å². The molecule has 3 N–H and O–H groups in total. The van der Waals surface area contributed by atoms with E-state index >= 15 is 0 Å². The average Bonchev–Trinajstić information content (AvgIpc) is 2.69. The first-order chi connectivity index (χ1) is 8.90. The van der Waals surface area contributed by atoms with Gasteiger partial charge < -0.3 is 20.1 Å². The van der Waals surface area contributed by atoms with Crippen molar-refractivity contribution in [3.8, 4) is 0 Å². The van der Waals surface area contributed by atoms with E-state index < -0.39 is 30.9 Å². The van der Waals surface area contributed by atoms with Crippen LogP contribution in [0.15, 0.2) is 12.1 Å². The topological polar surface area (TPSA) is 95.9 Å². The Morgan fingerprint density at radius 2 is 2.21 bits per heavy atom. The van der Waals surface area contributed by atoms with Crippen LogP contribution in [0.25, 0.3) is 0 Å². The van der Waals surface area contributed by atoms with Gasteiger partial charge in [-0.25, -0.2) is 4.39 Å². The summed E-state index contributed by atoms with van der Waals surface area (Å²) in [5.41, 5.74) is 0.457. The Morgan fingerprint density at radius 1 is 1.53 bits per heavy atom. The molecule has 100 valence electrons. The summed E-state index contributed by atoms with van der Waals surface area (Å²) in [4.78, 5) is 22.4. The summed E-state index contributed by atoms with van der Waals surface area (Å²) in [5, 5.41) is 20.3. The minimum absolute atomic E-state index is 0.0703. The molecule has 1 aromatic carbocycles. The molecule has 1 aliphatic rings. The van der Waals surface area contributed by atoms with Crippen molar-refractivity contribution in [2.75, 3.05) is 0 Å². The molecular weight excluding hydrogens is 256 g/mol. The number of carboxylic acids is 1. The maximum absolute atomic E-state index is 13.7. The maximum atomic E-state index is 13.7. The van der Waals surface area contributed by atoms with Crippen LogP contribution in [0.3, 0.4) is 0 Å². The third-order valence-corrected chi connectivity index (χ3v) is 2.85. The molecule has 0 radical (unpaired) electrons. The Labute approximate surface area is 108 Å². The van der Waals surface area contributed by atoms with Crippen LogP contribution in [-0.4, -0.2) is 35.2 Å². The molecule has 0 spiro atoms. The van der Waals surface area contributed by atoms with Crippen LogP contribution in [-0.2, 0) is 16.1 Å². The fourth-order valence-electron chi connectivity index (χ4n) is 1.75. The van der Waals surface area contributed by atoms with E-state index in [9.17, 15) is 19.0 Å². The van der Waals surface area contributed by atoms with Crippen molar-refractivity contribution in [2.45, 2.75) is 19.6 Å². The van der Waals surface area contributed by atoms with Gasteiger partial charge in [-0.15, -0.1) is 0 Å². The van der Waals surface area contributed by atoms with Gasteiger partial charge in [0.15, 0.2) is 0 Å². The second-order valence-corrected chi connectivity index (χ2v) is 4.23. The molecule has 1 amide bonds. The average molecular weight is 267 g/mol. The minimum Gasteiger partial charge on any atom is -0.480 e. The van der Waals surface area contributed by atoms with Crippen molar-refractivity contribution in [3.05, 3.63) is 29.1 Å². The van der Waals surface area contributed by atoms with E-state index in [2.05, 4.69) is 5.32 Å². The Hall–Kier alpha value is -1.93. The van der Waals surface area contributed by atoms with Crippen LogP contribution < -0.4 is 10.8 Å². The first-order valence-corrected chi connectivity index (χ1v) is 5.56. The molecule has 19 heavy (non-hydrogen) atoms. The molecule has 1 unspecified atom stereocenters. The zero-order valence-electron chi connectivity index (χ0n) is 10.0. The molecule has 0 saturated carbocycles. The van der Waals surface area contributed by atoms with E-state index in [1.54, 1.807) is 0 Å². The molecule has 0 aromatic heterocycles. The highest BCUT2D eigenvalue weighted by Gasteiger charge is 2.30. The van der Waals surface area contributed by atoms with E-state index in [0.29, 0.717) is 11.0 Å². The van der Waals surface area contributed by atoms with Gasteiger partial charge in [-0.3, -0.25) is 9.59 Å². The number of nitrogens with one attached hydrogen (secondary N) is 1. The summed E-state index contributed by atoms with van der Waals surface area (Å²) in [6.07, 6.45) is 0. The third kappa shape index (κ3) is 2.59. The number of aliphatic carboxylic acids is 1. The smallest absolute Gasteiger partial charge is 0.480 e. The first kappa shape index (κ1) is 13.5. The summed E-state index contributed by atoms with van der Waals surface area (Å²) in [7, 11) is -1.20. The van der Waals surface area contributed by atoms with E-state index in [-0.39, 0.29) is 12.2 Å². The van der Waals surface area contributed by atoms with Crippen molar-refractivity contribution in [2.24, 2.45) is 0 Å². The lowest BCUT2D eigenvalue weighted by atomic mass is 9.78. The maximum Gasteiger partial charge on any atom is 0.491 e. The zero-order valence-corrected chi connectivity index (χ0v) is 10.0. The van der Waals surface area contributed by atoms with Crippen LogP contribution in [0.2, 0.25) is 0 Å². The molecule has 0 aliphatic carbocycles. The van der Waals surface area contributed by atoms with Crippen LogP contribution in [0, 0.1) is 5.82 Å². The standard InChI is InChI=1S/C11H11BFNO5/c1-5(11(16)17)14-10(15)7-3-8-6(2-9(7)13)4-19-12(8)18/h2-3,5,18H,4H2,1H3,(H,14,15)(H,16,17). The van der Waals surface area contributed by atoms with Crippen molar-refractivity contribution >= 4 is 24.5 Å². The van der Waals surface area contributed by atoms with E-state index in [1.807, 2.05) is 0 Å². The molecule has 0 fully saturated rings. The van der Waals surface area contributed by atoms with Gasteiger partial charge in [0.1, 0.15) is 11.9 Å². The fraction of sp³-hybridized carbons (Fsp3) is 0.273. The molecule has 8 heteroatoms. The van der Waals surface area contributed by atoms with Crippen LogP contribution in [0.1, 0.15) is 22.8 Å². The largest absolute Gasteiger partial charge is 0.491 e. The SMILES string of the molecule is CC(NC(=O)c1cc2c(cc1F)COB2O)C(=O)O. The number of benzene rings is 1. The Morgan fingerprint density at radius 3 is 2.84 bits per heavy atom. The predicted octanol–water partition coefficient (Wildman–Crippen LogP) is -0.754. The van der Waals surface area contributed by atoms with Gasteiger partial charge in [-0.1, -0.05) is 0 Å². The Bertz CT molecular complexity index is 550. The number of carbonyl (C=O) groups is 2. The molecule has 1 atom stereocenters. The predicted molar refractivity (Wildman–Crippen MR) is 63.4 cm³/mol. The summed E-state index contributed by atoms with van der Waals surface area (Å²) < 4.78 is 18.6. The molecule has 2 rings (SSSR count). The molecule has 1 aliphatic heterocycles. The second-order valence-electron chi connectivity index (χ2n) is 4.23. The fourth-order valence-corrected chi connectivity index (χ4v) is 1.75. The summed E-state index contributed by atoms with van der Waals surface area (Å²) in [6, 6.07) is 1.14. The van der Waals surface area contributed by atoms with Gasteiger partial charge in [-0.2, -0.15) is 0 Å². The van der Waals surface area contributed by atoms with Crippen molar-refractivity contribution < 1.29 is 28.8 Å². The van der Waals surface area contributed by atoms with Crippen molar-refractivity contribution in [1.82, 2.24) is 5.32 Å². The lowest BCUT2D eigenvalue weighted by Gasteiger charge is -2.11. The number of halogens is 1. The summed E-state index contributed by atoms with van der Waals surface area (Å²) in [5.74, 6) is -2.86. The Kier molecular flexibility index (Phi) is 3.54. The van der Waals surface area contributed by atoms with Gasteiger partial charge in [0.05, 0.1) is 12.2 Å². The molecule has 1 heterocycles. The van der Waals surface area contributed by atoms with Gasteiger partial charge in [-0.05, 0) is 30.1 Å². The van der Waals surface area contributed by atoms with Gasteiger partial charge in [0, 0.05) is 0 Å². The van der Waals surface area contributed by atoms with Crippen LogP contribution in [0.5, 0.6) is 0 Å². The van der Waals surface area contributed by atoms with E-state index in [0.717, 1.165) is 6.07 Å². The second kappa shape index (κ2) is 4.98. The van der Waals surface area contributed by atoms with Crippen molar-refractivity contribution in [1.29, 1.82) is 0 Å². The van der Waals surface area contributed by atoms with E-state index in [4.69, 9.17) is 9.76 Å².